The molecule has 1 aliphatic heterocycles. The van der Waals surface area contributed by atoms with E-state index in [1.807, 2.05) is 18.2 Å². The van der Waals surface area contributed by atoms with Gasteiger partial charge in [0.1, 0.15) is 11.3 Å². The predicted molar refractivity (Wildman–Crippen MR) is 122 cm³/mol. The van der Waals surface area contributed by atoms with Crippen molar-refractivity contribution in [1.29, 1.82) is 0 Å². The average molecular weight is 453 g/mol. The van der Waals surface area contributed by atoms with Crippen molar-refractivity contribution in [2.24, 2.45) is 0 Å². The van der Waals surface area contributed by atoms with E-state index >= 15 is 0 Å². The van der Waals surface area contributed by atoms with Gasteiger partial charge in [-0.05, 0) is 54.8 Å². The van der Waals surface area contributed by atoms with Gasteiger partial charge in [-0.25, -0.2) is 9.36 Å². The molecule has 4 aromatic rings. The second-order valence-corrected chi connectivity index (χ2v) is 8.27. The van der Waals surface area contributed by atoms with Crippen LogP contribution in [0.3, 0.4) is 0 Å². The van der Waals surface area contributed by atoms with Crippen LogP contribution in [-0.2, 0) is 6.42 Å². The van der Waals surface area contributed by atoms with Gasteiger partial charge in [-0.1, -0.05) is 17.7 Å². The Balaban J connectivity index is 1.75. The first-order valence-corrected chi connectivity index (χ1v) is 10.5. The van der Waals surface area contributed by atoms with Gasteiger partial charge in [0.2, 0.25) is 5.88 Å². The van der Waals surface area contributed by atoms with Crippen LogP contribution < -0.4 is 21.3 Å². The standard InChI is InChI=1S/C23H21ClN4O4/c1-11-3-4-12(24)9-17(11)28-22(30)18(21(29)27-23(28)31)20-19-14(7-8-25-20)15-10-13(32-2)5-6-16(15)26-19/h3-6,9-10,20,25-26,30H,7-8H2,1-2H3,(H,27,29,31). The van der Waals surface area contributed by atoms with E-state index in [4.69, 9.17) is 16.3 Å². The lowest BCUT2D eigenvalue weighted by molar-refractivity contribution is 0.409. The summed E-state index contributed by atoms with van der Waals surface area (Å²) in [5.41, 5.74) is 2.51. The molecule has 164 valence electrons. The smallest absolute Gasteiger partial charge is 0.335 e. The van der Waals surface area contributed by atoms with E-state index in [1.165, 1.54) is 0 Å². The van der Waals surface area contributed by atoms with Crippen LogP contribution in [0.4, 0.5) is 0 Å². The van der Waals surface area contributed by atoms with E-state index in [1.54, 1.807) is 32.2 Å². The molecule has 5 rings (SSSR count). The molecule has 32 heavy (non-hydrogen) atoms. The molecule has 9 heteroatoms. The molecule has 1 atom stereocenters. The van der Waals surface area contributed by atoms with Crippen molar-refractivity contribution >= 4 is 22.5 Å². The molecule has 0 amide bonds. The summed E-state index contributed by atoms with van der Waals surface area (Å²) in [6, 6.07) is 10.1. The number of aryl methyl sites for hydroxylation is 1. The molecule has 8 nitrogen and oxygen atoms in total. The molecule has 4 N–H and O–H groups in total. The number of methoxy groups -OCH3 is 1. The first kappa shape index (κ1) is 20.4. The largest absolute Gasteiger partial charge is 0.497 e. The third kappa shape index (κ3) is 3.11. The lowest BCUT2D eigenvalue weighted by Crippen LogP contribution is -2.38. The highest BCUT2D eigenvalue weighted by atomic mass is 35.5. The number of aromatic amines is 2. The zero-order chi connectivity index (χ0) is 22.6. The van der Waals surface area contributed by atoms with Crippen molar-refractivity contribution in [1.82, 2.24) is 19.9 Å². The maximum atomic E-state index is 12.9. The predicted octanol–water partition coefficient (Wildman–Crippen LogP) is 2.92. The third-order valence-corrected chi connectivity index (χ3v) is 6.22. The fraction of sp³-hybridized carbons (Fsp3) is 0.217. The Hall–Kier alpha value is -3.49. The first-order valence-electron chi connectivity index (χ1n) is 10.2. The minimum atomic E-state index is -0.737. The molecule has 1 unspecified atom stereocenters. The number of benzene rings is 2. The number of ether oxygens (including phenoxy) is 1. The van der Waals surface area contributed by atoms with Gasteiger partial charge in [0.25, 0.3) is 5.56 Å². The summed E-state index contributed by atoms with van der Waals surface area (Å²) in [5, 5.41) is 15.9. The van der Waals surface area contributed by atoms with Crippen molar-refractivity contribution in [3.63, 3.8) is 0 Å². The highest BCUT2D eigenvalue weighted by molar-refractivity contribution is 6.30. The molecule has 0 saturated heterocycles. The van der Waals surface area contributed by atoms with Crippen molar-refractivity contribution in [2.45, 2.75) is 19.4 Å². The molecule has 0 saturated carbocycles. The van der Waals surface area contributed by atoms with Gasteiger partial charge in [0, 0.05) is 28.2 Å². The van der Waals surface area contributed by atoms with Gasteiger partial charge >= 0.3 is 5.69 Å². The number of rotatable bonds is 3. The molecule has 0 spiro atoms. The quantitative estimate of drug-likeness (QED) is 0.382. The summed E-state index contributed by atoms with van der Waals surface area (Å²) >= 11 is 6.13. The average Bonchev–Trinajstić information content (AvgIpc) is 3.14. The van der Waals surface area contributed by atoms with Crippen LogP contribution in [-0.4, -0.2) is 33.3 Å². The lowest BCUT2D eigenvalue weighted by Gasteiger charge is -2.25. The summed E-state index contributed by atoms with van der Waals surface area (Å²) in [5.74, 6) is 0.311. The number of aromatic hydroxyl groups is 1. The molecule has 0 radical (unpaired) electrons. The molecular formula is C23H21ClN4O4. The Morgan fingerprint density at radius 1 is 1.16 bits per heavy atom. The monoisotopic (exact) mass is 452 g/mol. The van der Waals surface area contributed by atoms with Crippen LogP contribution >= 0.6 is 11.6 Å². The summed E-state index contributed by atoms with van der Waals surface area (Å²) in [6.45, 7) is 2.39. The maximum Gasteiger partial charge on any atom is 0.335 e. The van der Waals surface area contributed by atoms with Crippen molar-refractivity contribution < 1.29 is 9.84 Å². The summed E-state index contributed by atoms with van der Waals surface area (Å²) in [7, 11) is 1.61. The minimum Gasteiger partial charge on any atom is -0.497 e. The molecule has 2 aromatic carbocycles. The van der Waals surface area contributed by atoms with E-state index < -0.39 is 23.2 Å². The first-order chi connectivity index (χ1) is 15.4. The van der Waals surface area contributed by atoms with Crippen LogP contribution in [0.15, 0.2) is 46.0 Å². The fourth-order valence-corrected chi connectivity index (χ4v) is 4.59. The number of hydrogen-bond acceptors (Lipinski definition) is 5. The molecule has 2 aromatic heterocycles. The van der Waals surface area contributed by atoms with E-state index in [0.717, 1.165) is 44.5 Å². The van der Waals surface area contributed by atoms with Gasteiger partial charge in [0.15, 0.2) is 0 Å². The highest BCUT2D eigenvalue weighted by Crippen LogP contribution is 2.36. The number of fused-ring (bicyclic) bond motifs is 3. The van der Waals surface area contributed by atoms with E-state index in [-0.39, 0.29) is 5.56 Å². The number of aromatic nitrogens is 3. The van der Waals surface area contributed by atoms with Crippen molar-refractivity contribution in [3.8, 4) is 17.3 Å². The normalized spacial score (nSPS) is 15.7. The number of halogens is 1. The Morgan fingerprint density at radius 3 is 2.75 bits per heavy atom. The van der Waals surface area contributed by atoms with Crippen LogP contribution in [0.5, 0.6) is 11.6 Å². The molecule has 0 fully saturated rings. The molecule has 3 heterocycles. The molecule has 1 aliphatic rings. The second kappa shape index (κ2) is 7.58. The van der Waals surface area contributed by atoms with Gasteiger partial charge in [-0.15, -0.1) is 0 Å². The van der Waals surface area contributed by atoms with Crippen LogP contribution in [0, 0.1) is 6.92 Å². The zero-order valence-electron chi connectivity index (χ0n) is 17.5. The van der Waals surface area contributed by atoms with Crippen LogP contribution in [0.25, 0.3) is 16.6 Å². The fourth-order valence-electron chi connectivity index (χ4n) is 4.43. The van der Waals surface area contributed by atoms with Crippen molar-refractivity contribution in [3.05, 3.63) is 84.6 Å². The topological polar surface area (TPSA) is 112 Å². The van der Waals surface area contributed by atoms with Gasteiger partial charge in [-0.3, -0.25) is 9.78 Å². The Labute approximate surface area is 187 Å². The van der Waals surface area contributed by atoms with Gasteiger partial charge in [-0.2, -0.15) is 0 Å². The number of hydrogen-bond donors (Lipinski definition) is 4. The SMILES string of the molecule is COc1ccc2[nH]c3c(c2c1)CCNC3c1c(O)n(-c2cc(Cl)ccc2C)c(=O)[nH]c1=O. The molecule has 0 bridgehead atoms. The summed E-state index contributed by atoms with van der Waals surface area (Å²) in [6.07, 6.45) is 0.741. The second-order valence-electron chi connectivity index (χ2n) is 7.83. The number of nitrogens with one attached hydrogen (secondary N) is 3. The number of nitrogens with zero attached hydrogens (tertiary/aromatic N) is 1. The Morgan fingerprint density at radius 2 is 1.97 bits per heavy atom. The zero-order valence-corrected chi connectivity index (χ0v) is 18.2. The Kier molecular flexibility index (Phi) is 4.83. The lowest BCUT2D eigenvalue weighted by atomic mass is 9.95. The highest BCUT2D eigenvalue weighted by Gasteiger charge is 2.31. The van der Waals surface area contributed by atoms with Gasteiger partial charge in [0.05, 0.1) is 18.8 Å². The molecule has 0 aliphatic carbocycles. The van der Waals surface area contributed by atoms with Gasteiger partial charge < -0.3 is 20.1 Å². The third-order valence-electron chi connectivity index (χ3n) is 5.98. The van der Waals surface area contributed by atoms with E-state index in [0.29, 0.717) is 17.3 Å². The minimum absolute atomic E-state index is 0.0587. The number of H-pyrrole nitrogens is 2. The Bertz CT molecular complexity index is 1480. The maximum absolute atomic E-state index is 12.9. The molecular weight excluding hydrogens is 432 g/mol. The van der Waals surface area contributed by atoms with Crippen LogP contribution in [0.2, 0.25) is 5.02 Å². The van der Waals surface area contributed by atoms with E-state index in [9.17, 15) is 14.7 Å². The summed E-state index contributed by atoms with van der Waals surface area (Å²) < 4.78 is 6.44. The van der Waals surface area contributed by atoms with Crippen LogP contribution in [0.1, 0.15) is 28.4 Å². The van der Waals surface area contributed by atoms with Crippen molar-refractivity contribution in [2.75, 3.05) is 13.7 Å². The van der Waals surface area contributed by atoms with E-state index in [2.05, 4.69) is 15.3 Å². The summed E-state index contributed by atoms with van der Waals surface area (Å²) in [4.78, 5) is 31.3.